The Balaban J connectivity index is 2.30. The van der Waals surface area contributed by atoms with Crippen molar-refractivity contribution in [3.05, 3.63) is 57.0 Å². The van der Waals surface area contributed by atoms with E-state index in [1.54, 1.807) is 19.1 Å². The molecule has 130 valence electrons. The molecule has 0 saturated heterocycles. The highest BCUT2D eigenvalue weighted by Gasteiger charge is 2.16. The average molecular weight is 344 g/mol. The zero-order valence-corrected chi connectivity index (χ0v) is 13.7. The Bertz CT molecular complexity index is 805. The fraction of sp³-hybridized carbons (Fsp3) is 0.250. The number of aryl methyl sites for hydroxylation is 1. The molecule has 2 aromatic rings. The van der Waals surface area contributed by atoms with Gasteiger partial charge in [-0.1, -0.05) is 12.1 Å². The minimum Gasteiger partial charge on any atom is -0.469 e. The van der Waals surface area contributed by atoms with E-state index in [2.05, 4.69) is 20.0 Å². The highest BCUT2D eigenvalue weighted by atomic mass is 16.6. The van der Waals surface area contributed by atoms with E-state index in [0.29, 0.717) is 29.9 Å². The van der Waals surface area contributed by atoms with Gasteiger partial charge in [-0.05, 0) is 12.5 Å². The number of rotatable bonds is 7. The van der Waals surface area contributed by atoms with Gasteiger partial charge in [0, 0.05) is 29.8 Å². The second-order valence-electron chi connectivity index (χ2n) is 5.17. The first-order valence-electron chi connectivity index (χ1n) is 7.31. The second-order valence-corrected chi connectivity index (χ2v) is 5.17. The molecule has 0 bridgehead atoms. The molecule has 1 heterocycles. The number of methoxy groups -OCH3 is 1. The molecule has 1 amide bonds. The van der Waals surface area contributed by atoms with Gasteiger partial charge in [0.05, 0.1) is 18.5 Å². The van der Waals surface area contributed by atoms with Crippen LogP contribution in [-0.4, -0.2) is 34.4 Å². The topological polar surface area (TPSA) is 124 Å². The van der Waals surface area contributed by atoms with Gasteiger partial charge in [0.1, 0.15) is 11.6 Å². The lowest BCUT2D eigenvalue weighted by Crippen LogP contribution is -2.14. The van der Waals surface area contributed by atoms with Gasteiger partial charge in [-0.2, -0.15) is 0 Å². The van der Waals surface area contributed by atoms with E-state index in [1.165, 1.54) is 19.2 Å². The number of benzene rings is 1. The summed E-state index contributed by atoms with van der Waals surface area (Å²) in [6.45, 7) is 1.70. The highest BCUT2D eigenvalue weighted by molar-refractivity contribution is 5.78. The number of aromatic nitrogens is 2. The Morgan fingerprint density at radius 1 is 1.32 bits per heavy atom. The van der Waals surface area contributed by atoms with Crippen molar-refractivity contribution < 1.29 is 19.2 Å². The first kappa shape index (κ1) is 18.0. The lowest BCUT2D eigenvalue weighted by Gasteiger charge is -2.12. The maximum atomic E-state index is 11.5. The maximum absolute atomic E-state index is 11.5. The number of non-ortho nitro benzene ring substituents is 1. The van der Waals surface area contributed by atoms with Crippen LogP contribution in [0.25, 0.3) is 0 Å². The van der Waals surface area contributed by atoms with Crippen molar-refractivity contribution in [3.8, 4) is 0 Å². The second kappa shape index (κ2) is 7.95. The Morgan fingerprint density at radius 2 is 2.00 bits per heavy atom. The van der Waals surface area contributed by atoms with Crippen molar-refractivity contribution in [1.82, 2.24) is 9.97 Å². The van der Waals surface area contributed by atoms with Crippen LogP contribution in [0.5, 0.6) is 0 Å². The summed E-state index contributed by atoms with van der Waals surface area (Å²) in [4.78, 5) is 41.1. The number of nitrogens with one attached hydrogen (secondary N) is 1. The normalized spacial score (nSPS) is 10.2. The minimum atomic E-state index is -0.474. The van der Waals surface area contributed by atoms with Crippen molar-refractivity contribution in [2.75, 3.05) is 12.4 Å². The SMILES string of the molecule is COC(=O)Cc1c(C)nc(Cc2ccc([N+](=O)[O-])cc2)nc1NC=O. The summed E-state index contributed by atoms with van der Waals surface area (Å²) < 4.78 is 4.63. The van der Waals surface area contributed by atoms with Crippen molar-refractivity contribution in [1.29, 1.82) is 0 Å². The third kappa shape index (κ3) is 4.56. The number of hydrogen-bond acceptors (Lipinski definition) is 7. The number of anilines is 1. The van der Waals surface area contributed by atoms with Gasteiger partial charge in [-0.3, -0.25) is 19.7 Å². The molecule has 9 heteroatoms. The van der Waals surface area contributed by atoms with Crippen LogP contribution in [0, 0.1) is 17.0 Å². The van der Waals surface area contributed by atoms with E-state index < -0.39 is 10.9 Å². The van der Waals surface area contributed by atoms with Gasteiger partial charge in [-0.25, -0.2) is 9.97 Å². The molecule has 0 aliphatic carbocycles. The van der Waals surface area contributed by atoms with Crippen LogP contribution in [0.15, 0.2) is 24.3 Å². The van der Waals surface area contributed by atoms with Gasteiger partial charge >= 0.3 is 5.97 Å². The summed E-state index contributed by atoms with van der Waals surface area (Å²) in [7, 11) is 1.27. The molecule has 0 unspecified atom stereocenters. The average Bonchev–Trinajstić information content (AvgIpc) is 2.58. The highest BCUT2D eigenvalue weighted by Crippen LogP contribution is 2.19. The summed E-state index contributed by atoms with van der Waals surface area (Å²) in [5.74, 6) is 0.192. The number of esters is 1. The number of nitro groups is 1. The lowest BCUT2D eigenvalue weighted by molar-refractivity contribution is -0.384. The van der Waals surface area contributed by atoms with Crippen LogP contribution in [0.2, 0.25) is 0 Å². The van der Waals surface area contributed by atoms with Gasteiger partial charge in [-0.15, -0.1) is 0 Å². The molecule has 0 radical (unpaired) electrons. The number of amides is 1. The summed E-state index contributed by atoms with van der Waals surface area (Å²) in [5, 5.41) is 13.2. The Labute approximate surface area is 143 Å². The van der Waals surface area contributed by atoms with Crippen LogP contribution < -0.4 is 5.32 Å². The molecular formula is C16H16N4O5. The molecular weight excluding hydrogens is 328 g/mol. The largest absolute Gasteiger partial charge is 0.469 e. The molecule has 0 aliphatic rings. The van der Waals surface area contributed by atoms with Crippen LogP contribution in [0.3, 0.4) is 0 Å². The number of hydrogen-bond donors (Lipinski definition) is 1. The van der Waals surface area contributed by atoms with Crippen LogP contribution >= 0.6 is 0 Å². The fourth-order valence-electron chi connectivity index (χ4n) is 2.25. The van der Waals surface area contributed by atoms with Crippen LogP contribution in [0.4, 0.5) is 11.5 Å². The predicted molar refractivity (Wildman–Crippen MR) is 88.1 cm³/mol. The summed E-state index contributed by atoms with van der Waals surface area (Å²) >= 11 is 0. The molecule has 1 N–H and O–H groups in total. The fourth-order valence-corrected chi connectivity index (χ4v) is 2.25. The van der Waals surface area contributed by atoms with E-state index >= 15 is 0 Å². The summed E-state index contributed by atoms with van der Waals surface area (Å²) in [6.07, 6.45) is 0.736. The van der Waals surface area contributed by atoms with Gasteiger partial charge in [0.15, 0.2) is 0 Å². The molecule has 0 saturated carbocycles. The number of nitro benzene ring substituents is 1. The van der Waals surface area contributed by atoms with E-state index in [4.69, 9.17) is 0 Å². The van der Waals surface area contributed by atoms with Crippen molar-refractivity contribution in [2.24, 2.45) is 0 Å². The molecule has 1 aromatic carbocycles. The van der Waals surface area contributed by atoms with Crippen molar-refractivity contribution in [2.45, 2.75) is 19.8 Å². The summed E-state index contributed by atoms with van der Waals surface area (Å²) in [5.41, 5.74) is 1.80. The van der Waals surface area contributed by atoms with E-state index in [-0.39, 0.29) is 17.9 Å². The molecule has 2 rings (SSSR count). The molecule has 0 aliphatic heterocycles. The Morgan fingerprint density at radius 3 is 2.56 bits per heavy atom. The number of carbonyl (C=O) groups is 2. The smallest absolute Gasteiger partial charge is 0.310 e. The first-order chi connectivity index (χ1) is 11.9. The van der Waals surface area contributed by atoms with Gasteiger partial charge < -0.3 is 10.1 Å². The number of ether oxygens (including phenoxy) is 1. The number of nitrogens with zero attached hydrogens (tertiary/aromatic N) is 3. The van der Waals surface area contributed by atoms with Crippen molar-refractivity contribution in [3.63, 3.8) is 0 Å². The van der Waals surface area contributed by atoms with E-state index in [1.807, 2.05) is 0 Å². The van der Waals surface area contributed by atoms with Crippen LogP contribution in [-0.2, 0) is 27.2 Å². The zero-order chi connectivity index (χ0) is 18.4. The molecule has 0 spiro atoms. The Hall–Kier alpha value is -3.36. The maximum Gasteiger partial charge on any atom is 0.310 e. The van der Waals surface area contributed by atoms with Gasteiger partial charge in [0.2, 0.25) is 6.41 Å². The van der Waals surface area contributed by atoms with Crippen LogP contribution in [0.1, 0.15) is 22.6 Å². The van der Waals surface area contributed by atoms with E-state index in [9.17, 15) is 19.7 Å². The minimum absolute atomic E-state index is 0.00224. The first-order valence-corrected chi connectivity index (χ1v) is 7.31. The third-order valence-corrected chi connectivity index (χ3v) is 3.51. The molecule has 1 aromatic heterocycles. The lowest BCUT2D eigenvalue weighted by atomic mass is 10.1. The number of carbonyl (C=O) groups excluding carboxylic acids is 2. The standard InChI is InChI=1S/C16H16N4O5/c1-10-13(8-15(22)25-2)16(17-9-21)19-14(18-10)7-11-3-5-12(6-4-11)20(23)24/h3-6,9H,7-8H2,1-2H3,(H,17,18,19,21). The summed E-state index contributed by atoms with van der Waals surface area (Å²) in [6, 6.07) is 6.04. The zero-order valence-electron chi connectivity index (χ0n) is 13.7. The predicted octanol–water partition coefficient (Wildman–Crippen LogP) is 1.57. The van der Waals surface area contributed by atoms with Crippen molar-refractivity contribution >= 4 is 23.9 Å². The quantitative estimate of drug-likeness (QED) is 0.350. The van der Waals surface area contributed by atoms with Gasteiger partial charge in [0.25, 0.3) is 5.69 Å². The van der Waals surface area contributed by atoms with E-state index in [0.717, 1.165) is 5.56 Å². The molecule has 0 atom stereocenters. The Kier molecular flexibility index (Phi) is 5.72. The molecule has 9 nitrogen and oxygen atoms in total. The molecule has 0 fully saturated rings. The monoisotopic (exact) mass is 344 g/mol. The molecule has 25 heavy (non-hydrogen) atoms. The third-order valence-electron chi connectivity index (χ3n) is 3.51.